The summed E-state index contributed by atoms with van der Waals surface area (Å²) in [6.07, 6.45) is 3.32. The van der Waals surface area contributed by atoms with Gasteiger partial charge in [-0.15, -0.1) is 0 Å². The monoisotopic (exact) mass is 309 g/mol. The van der Waals surface area contributed by atoms with Gasteiger partial charge in [0.25, 0.3) is 0 Å². The zero-order valence-electron chi connectivity index (χ0n) is 13.1. The van der Waals surface area contributed by atoms with Crippen molar-refractivity contribution in [1.82, 2.24) is 4.98 Å². The van der Waals surface area contributed by atoms with Crippen LogP contribution in [-0.4, -0.2) is 4.98 Å². The van der Waals surface area contributed by atoms with Crippen LogP contribution in [0.5, 0.6) is 0 Å². The lowest BCUT2D eigenvalue weighted by Crippen LogP contribution is -2.00. The highest BCUT2D eigenvalue weighted by Gasteiger charge is 2.06. The molecule has 0 spiro atoms. The first-order valence-electron chi connectivity index (χ1n) is 7.69. The van der Waals surface area contributed by atoms with Gasteiger partial charge in [0.2, 0.25) is 0 Å². The molecule has 2 aromatic carbocycles. The summed E-state index contributed by atoms with van der Waals surface area (Å²) in [6, 6.07) is 23.6. The lowest BCUT2D eigenvalue weighted by molar-refractivity contribution is 1.01. The molecule has 0 radical (unpaired) electrons. The van der Waals surface area contributed by atoms with Gasteiger partial charge < -0.3 is 0 Å². The third-order valence-electron chi connectivity index (χ3n) is 3.92. The van der Waals surface area contributed by atoms with E-state index in [4.69, 9.17) is 10.5 Å². The van der Waals surface area contributed by atoms with Crippen LogP contribution < -0.4 is 0 Å². The fraction of sp³-hybridized carbons (Fsp3) is 0.0952. The van der Waals surface area contributed by atoms with E-state index in [1.54, 1.807) is 6.20 Å². The van der Waals surface area contributed by atoms with Crippen LogP contribution in [0.25, 0.3) is 0 Å². The van der Waals surface area contributed by atoms with Crippen molar-refractivity contribution in [1.29, 1.82) is 10.5 Å². The number of hydrogen-bond donors (Lipinski definition) is 0. The summed E-state index contributed by atoms with van der Waals surface area (Å²) in [5, 5.41) is 17.8. The van der Waals surface area contributed by atoms with Crippen LogP contribution >= 0.6 is 0 Å². The van der Waals surface area contributed by atoms with Gasteiger partial charge in [-0.05, 0) is 53.4 Å². The fourth-order valence-corrected chi connectivity index (χ4v) is 2.60. The van der Waals surface area contributed by atoms with Crippen molar-refractivity contribution in [3.05, 3.63) is 100 Å². The first-order chi connectivity index (χ1) is 11.8. The minimum Gasteiger partial charge on any atom is -0.261 e. The van der Waals surface area contributed by atoms with Crippen molar-refractivity contribution < 1.29 is 0 Å². The highest BCUT2D eigenvalue weighted by atomic mass is 14.7. The Bertz CT molecular complexity index is 833. The maximum absolute atomic E-state index is 8.88. The van der Waals surface area contributed by atoms with Gasteiger partial charge in [0, 0.05) is 18.3 Å². The number of nitriles is 2. The van der Waals surface area contributed by atoms with E-state index in [9.17, 15) is 0 Å². The van der Waals surface area contributed by atoms with Gasteiger partial charge in [0.1, 0.15) is 0 Å². The van der Waals surface area contributed by atoms with Gasteiger partial charge in [-0.2, -0.15) is 10.5 Å². The normalized spacial score (nSPS) is 9.92. The molecular formula is C21H15N3. The van der Waals surface area contributed by atoms with Crippen LogP contribution in [-0.2, 0) is 12.8 Å². The molecule has 0 aliphatic rings. The highest BCUT2D eigenvalue weighted by molar-refractivity contribution is 5.37. The summed E-state index contributed by atoms with van der Waals surface area (Å²) in [5.74, 6) is 0. The Morgan fingerprint density at radius 2 is 1.25 bits per heavy atom. The maximum atomic E-state index is 8.88. The number of nitrogens with zero attached hydrogens (tertiary/aromatic N) is 3. The predicted molar refractivity (Wildman–Crippen MR) is 92.2 cm³/mol. The molecule has 114 valence electrons. The summed E-state index contributed by atoms with van der Waals surface area (Å²) in [7, 11) is 0. The third kappa shape index (κ3) is 3.66. The average molecular weight is 309 g/mol. The largest absolute Gasteiger partial charge is 0.261 e. The molecule has 0 bridgehead atoms. The van der Waals surface area contributed by atoms with Crippen LogP contribution in [0.1, 0.15) is 33.5 Å². The highest BCUT2D eigenvalue weighted by Crippen LogP contribution is 2.17. The first kappa shape index (κ1) is 15.5. The second kappa shape index (κ2) is 7.22. The molecule has 0 aliphatic heterocycles. The van der Waals surface area contributed by atoms with Crippen molar-refractivity contribution in [2.24, 2.45) is 0 Å². The van der Waals surface area contributed by atoms with Gasteiger partial charge in [-0.3, -0.25) is 4.98 Å². The zero-order valence-corrected chi connectivity index (χ0v) is 13.1. The lowest BCUT2D eigenvalue weighted by atomic mass is 9.98. The number of aromatic nitrogens is 1. The lowest BCUT2D eigenvalue weighted by Gasteiger charge is -2.09. The van der Waals surface area contributed by atoms with Gasteiger partial charge in [0.05, 0.1) is 23.3 Å². The second-order valence-electron chi connectivity index (χ2n) is 5.58. The number of rotatable bonds is 4. The Kier molecular flexibility index (Phi) is 4.65. The average Bonchev–Trinajstić information content (AvgIpc) is 2.64. The van der Waals surface area contributed by atoms with Crippen LogP contribution in [0.2, 0.25) is 0 Å². The summed E-state index contributed by atoms with van der Waals surface area (Å²) >= 11 is 0. The standard InChI is InChI=1S/C21H15N3/c22-14-18-7-3-16(4-8-18)12-20-2-1-11-24-21(20)13-17-5-9-19(15-23)10-6-17/h1-11H,12-13H2. The van der Waals surface area contributed by atoms with E-state index in [1.165, 1.54) is 5.56 Å². The molecule has 24 heavy (non-hydrogen) atoms. The summed E-state index contributed by atoms with van der Waals surface area (Å²) in [5.41, 5.74) is 5.83. The minimum atomic E-state index is 0.664. The summed E-state index contributed by atoms with van der Waals surface area (Å²) in [6.45, 7) is 0. The predicted octanol–water partition coefficient (Wildman–Crippen LogP) is 4.01. The second-order valence-corrected chi connectivity index (χ2v) is 5.58. The minimum absolute atomic E-state index is 0.664. The molecule has 1 heterocycles. The fourth-order valence-electron chi connectivity index (χ4n) is 2.60. The van der Waals surface area contributed by atoms with Crippen LogP contribution in [0.4, 0.5) is 0 Å². The molecule has 0 N–H and O–H groups in total. The molecular weight excluding hydrogens is 294 g/mol. The molecule has 0 aliphatic carbocycles. The quantitative estimate of drug-likeness (QED) is 0.731. The van der Waals surface area contributed by atoms with Crippen molar-refractivity contribution >= 4 is 0 Å². The molecule has 0 atom stereocenters. The Balaban J connectivity index is 1.81. The molecule has 0 fully saturated rings. The van der Waals surface area contributed by atoms with E-state index in [0.29, 0.717) is 11.1 Å². The van der Waals surface area contributed by atoms with E-state index in [-0.39, 0.29) is 0 Å². The van der Waals surface area contributed by atoms with E-state index >= 15 is 0 Å². The molecule has 3 nitrogen and oxygen atoms in total. The first-order valence-corrected chi connectivity index (χ1v) is 7.69. The SMILES string of the molecule is N#Cc1ccc(Cc2cccnc2Cc2ccc(C#N)cc2)cc1. The van der Waals surface area contributed by atoms with Crippen LogP contribution in [0, 0.1) is 22.7 Å². The molecule has 0 saturated carbocycles. The topological polar surface area (TPSA) is 60.5 Å². The number of hydrogen-bond acceptors (Lipinski definition) is 3. The van der Waals surface area contributed by atoms with Gasteiger partial charge in [-0.1, -0.05) is 30.3 Å². The summed E-state index contributed by atoms with van der Waals surface area (Å²) in [4.78, 5) is 4.53. The molecule has 3 aromatic rings. The Labute approximate surface area is 141 Å². The van der Waals surface area contributed by atoms with Crippen molar-refractivity contribution in [2.45, 2.75) is 12.8 Å². The Hall–Kier alpha value is -3.43. The van der Waals surface area contributed by atoms with Crippen molar-refractivity contribution in [2.75, 3.05) is 0 Å². The number of pyridine rings is 1. The van der Waals surface area contributed by atoms with Crippen LogP contribution in [0.3, 0.4) is 0 Å². The summed E-state index contributed by atoms with van der Waals surface area (Å²) < 4.78 is 0. The Morgan fingerprint density at radius 3 is 1.79 bits per heavy atom. The van der Waals surface area contributed by atoms with Gasteiger partial charge in [0.15, 0.2) is 0 Å². The molecule has 0 amide bonds. The molecule has 0 saturated heterocycles. The van der Waals surface area contributed by atoms with E-state index in [0.717, 1.165) is 29.7 Å². The molecule has 0 unspecified atom stereocenters. The smallest absolute Gasteiger partial charge is 0.0991 e. The van der Waals surface area contributed by atoms with Crippen molar-refractivity contribution in [3.8, 4) is 12.1 Å². The molecule has 3 rings (SSSR count). The Morgan fingerprint density at radius 1 is 0.708 bits per heavy atom. The number of benzene rings is 2. The van der Waals surface area contributed by atoms with Crippen molar-refractivity contribution in [3.63, 3.8) is 0 Å². The maximum Gasteiger partial charge on any atom is 0.0991 e. The third-order valence-corrected chi connectivity index (χ3v) is 3.92. The molecule has 3 heteroatoms. The van der Waals surface area contributed by atoms with Gasteiger partial charge >= 0.3 is 0 Å². The van der Waals surface area contributed by atoms with E-state index in [2.05, 4.69) is 23.2 Å². The van der Waals surface area contributed by atoms with E-state index in [1.807, 2.05) is 54.6 Å². The van der Waals surface area contributed by atoms with Gasteiger partial charge in [-0.25, -0.2) is 0 Å². The van der Waals surface area contributed by atoms with Crippen LogP contribution in [0.15, 0.2) is 66.9 Å². The molecule has 1 aromatic heterocycles. The van der Waals surface area contributed by atoms with E-state index < -0.39 is 0 Å². The zero-order chi connectivity index (χ0) is 16.8.